The van der Waals surface area contributed by atoms with Crippen molar-refractivity contribution >= 4 is 41.3 Å². The molecule has 0 saturated heterocycles. The number of para-hydroxylation sites is 1. The van der Waals surface area contributed by atoms with Gasteiger partial charge in [0.2, 0.25) is 0 Å². The van der Waals surface area contributed by atoms with Gasteiger partial charge in [0.15, 0.2) is 5.96 Å². The van der Waals surface area contributed by atoms with E-state index >= 15 is 0 Å². The van der Waals surface area contributed by atoms with Gasteiger partial charge in [-0.05, 0) is 23.1 Å². The Kier molecular flexibility index (Phi) is 9.43. The minimum Gasteiger partial charge on any atom is -0.496 e. The molecule has 1 aromatic heterocycles. The van der Waals surface area contributed by atoms with Crippen LogP contribution >= 0.6 is 35.3 Å². The number of rotatable bonds is 7. The van der Waals surface area contributed by atoms with Crippen molar-refractivity contribution in [2.45, 2.75) is 32.1 Å². The molecule has 0 aliphatic carbocycles. The van der Waals surface area contributed by atoms with Crippen LogP contribution in [0.2, 0.25) is 0 Å². The minimum absolute atomic E-state index is 0. The lowest BCUT2D eigenvalue weighted by molar-refractivity contribution is 0.406. The molecule has 1 atom stereocenters. The van der Waals surface area contributed by atoms with Crippen molar-refractivity contribution in [1.82, 2.24) is 10.6 Å². The smallest absolute Gasteiger partial charge is 0.191 e. The third-order valence-electron chi connectivity index (χ3n) is 4.36. The Bertz CT molecular complexity index is 686. The number of thiophene rings is 1. The molecule has 2 N–H and O–H groups in total. The van der Waals surface area contributed by atoms with E-state index in [9.17, 15) is 0 Å². The number of ether oxygens (including phenoxy) is 1. The van der Waals surface area contributed by atoms with Crippen molar-refractivity contribution in [2.75, 3.05) is 27.2 Å². The molecule has 0 bridgehead atoms. The minimum atomic E-state index is 0. The van der Waals surface area contributed by atoms with Gasteiger partial charge in [-0.2, -0.15) is 0 Å². The Morgan fingerprint density at radius 3 is 2.54 bits per heavy atom. The molecule has 144 valence electrons. The van der Waals surface area contributed by atoms with E-state index in [4.69, 9.17) is 4.74 Å². The summed E-state index contributed by atoms with van der Waals surface area (Å²) in [5, 5.41) is 9.00. The van der Waals surface area contributed by atoms with Crippen molar-refractivity contribution < 1.29 is 4.74 Å². The van der Waals surface area contributed by atoms with Crippen LogP contribution in [0.4, 0.5) is 0 Å². The largest absolute Gasteiger partial charge is 0.496 e. The SMILES string of the molecule is CN=C(NCC(C)c1ccccc1OC)NCC(C)(C)c1cccs1.I. The number of benzene rings is 1. The maximum atomic E-state index is 5.46. The Labute approximate surface area is 178 Å². The van der Waals surface area contributed by atoms with Crippen molar-refractivity contribution in [3.05, 3.63) is 52.2 Å². The van der Waals surface area contributed by atoms with Gasteiger partial charge in [-0.25, -0.2) is 0 Å². The van der Waals surface area contributed by atoms with Gasteiger partial charge in [-0.15, -0.1) is 35.3 Å². The zero-order valence-electron chi connectivity index (χ0n) is 16.2. The molecule has 0 saturated carbocycles. The highest BCUT2D eigenvalue weighted by Crippen LogP contribution is 2.27. The second-order valence-electron chi connectivity index (χ2n) is 6.81. The third-order valence-corrected chi connectivity index (χ3v) is 5.59. The van der Waals surface area contributed by atoms with Crippen LogP contribution in [-0.2, 0) is 5.41 Å². The van der Waals surface area contributed by atoms with E-state index in [1.54, 1.807) is 25.5 Å². The summed E-state index contributed by atoms with van der Waals surface area (Å²) in [6, 6.07) is 12.4. The van der Waals surface area contributed by atoms with Crippen LogP contribution in [0.25, 0.3) is 0 Å². The van der Waals surface area contributed by atoms with E-state index in [1.807, 2.05) is 18.2 Å². The fourth-order valence-electron chi connectivity index (χ4n) is 2.71. The first-order valence-electron chi connectivity index (χ1n) is 8.59. The monoisotopic (exact) mass is 487 g/mol. The normalized spacial score (nSPS) is 12.9. The number of guanidine groups is 1. The van der Waals surface area contributed by atoms with Crippen LogP contribution in [0.1, 0.15) is 37.1 Å². The number of aliphatic imine (C=N–C) groups is 1. The van der Waals surface area contributed by atoms with Gasteiger partial charge in [-0.1, -0.05) is 45.0 Å². The molecular formula is C20H30IN3OS. The molecule has 4 nitrogen and oxygen atoms in total. The predicted octanol–water partition coefficient (Wildman–Crippen LogP) is 4.62. The zero-order valence-corrected chi connectivity index (χ0v) is 19.4. The highest BCUT2D eigenvalue weighted by molar-refractivity contribution is 14.0. The molecular weight excluding hydrogens is 457 g/mol. The van der Waals surface area contributed by atoms with E-state index in [-0.39, 0.29) is 29.4 Å². The van der Waals surface area contributed by atoms with E-state index < -0.39 is 0 Å². The summed E-state index contributed by atoms with van der Waals surface area (Å²) in [4.78, 5) is 5.72. The first kappa shape index (κ1) is 22.8. The quantitative estimate of drug-likeness (QED) is 0.341. The Balaban J connectivity index is 0.00000338. The second-order valence-corrected chi connectivity index (χ2v) is 7.76. The molecule has 26 heavy (non-hydrogen) atoms. The number of halogens is 1. The average Bonchev–Trinajstić information content (AvgIpc) is 3.17. The number of methoxy groups -OCH3 is 1. The van der Waals surface area contributed by atoms with Crippen LogP contribution in [-0.4, -0.2) is 33.2 Å². The molecule has 0 aliphatic rings. The Hall–Kier alpha value is -1.28. The summed E-state index contributed by atoms with van der Waals surface area (Å²) in [5.41, 5.74) is 1.27. The summed E-state index contributed by atoms with van der Waals surface area (Å²) in [5.74, 6) is 2.07. The molecule has 0 radical (unpaired) electrons. The molecule has 6 heteroatoms. The first-order chi connectivity index (χ1) is 12.0. The molecule has 1 aromatic carbocycles. The summed E-state index contributed by atoms with van der Waals surface area (Å²) in [6.45, 7) is 8.30. The first-order valence-corrected chi connectivity index (χ1v) is 9.47. The molecule has 2 rings (SSSR count). The standard InChI is InChI=1S/C20H29N3OS.HI/c1-15(16-9-6-7-10-17(16)24-5)13-22-19(21-4)23-14-20(2,3)18-11-8-12-25-18;/h6-12,15H,13-14H2,1-5H3,(H2,21,22,23);1H. The molecule has 1 unspecified atom stereocenters. The fourth-order valence-corrected chi connectivity index (χ4v) is 3.56. The van der Waals surface area contributed by atoms with Crippen LogP contribution in [0.5, 0.6) is 5.75 Å². The molecule has 1 heterocycles. The number of hydrogen-bond donors (Lipinski definition) is 2. The Morgan fingerprint density at radius 1 is 1.19 bits per heavy atom. The van der Waals surface area contributed by atoms with E-state index in [1.165, 1.54) is 10.4 Å². The van der Waals surface area contributed by atoms with Gasteiger partial charge in [0.05, 0.1) is 7.11 Å². The van der Waals surface area contributed by atoms with Crippen molar-refractivity contribution in [2.24, 2.45) is 4.99 Å². The van der Waals surface area contributed by atoms with E-state index in [0.717, 1.165) is 24.8 Å². The lowest BCUT2D eigenvalue weighted by Crippen LogP contribution is -2.44. The number of hydrogen-bond acceptors (Lipinski definition) is 3. The molecule has 0 amide bonds. The summed E-state index contributed by atoms with van der Waals surface area (Å²) < 4.78 is 5.46. The van der Waals surface area contributed by atoms with E-state index in [2.05, 4.69) is 60.0 Å². The topological polar surface area (TPSA) is 45.7 Å². The van der Waals surface area contributed by atoms with Crippen LogP contribution in [0, 0.1) is 0 Å². The van der Waals surface area contributed by atoms with Crippen LogP contribution in [0.15, 0.2) is 46.8 Å². The molecule has 2 aromatic rings. The van der Waals surface area contributed by atoms with Crippen LogP contribution in [0.3, 0.4) is 0 Å². The molecule has 0 fully saturated rings. The number of nitrogens with one attached hydrogen (secondary N) is 2. The second kappa shape index (κ2) is 10.8. The van der Waals surface area contributed by atoms with Gasteiger partial charge >= 0.3 is 0 Å². The maximum Gasteiger partial charge on any atom is 0.191 e. The highest BCUT2D eigenvalue weighted by Gasteiger charge is 2.22. The maximum absolute atomic E-state index is 5.46. The van der Waals surface area contributed by atoms with Gasteiger partial charge in [-0.3, -0.25) is 4.99 Å². The van der Waals surface area contributed by atoms with Crippen molar-refractivity contribution in [3.8, 4) is 5.75 Å². The fraction of sp³-hybridized carbons (Fsp3) is 0.450. The lowest BCUT2D eigenvalue weighted by atomic mass is 9.91. The summed E-state index contributed by atoms with van der Waals surface area (Å²) in [6.07, 6.45) is 0. The van der Waals surface area contributed by atoms with E-state index in [0.29, 0.717) is 5.92 Å². The molecule has 0 aliphatic heterocycles. The number of nitrogens with zero attached hydrogens (tertiary/aromatic N) is 1. The highest BCUT2D eigenvalue weighted by atomic mass is 127. The van der Waals surface area contributed by atoms with Gasteiger partial charge in [0, 0.05) is 36.3 Å². The lowest BCUT2D eigenvalue weighted by Gasteiger charge is -2.25. The van der Waals surface area contributed by atoms with Gasteiger partial charge in [0.25, 0.3) is 0 Å². The van der Waals surface area contributed by atoms with Gasteiger partial charge in [0.1, 0.15) is 5.75 Å². The Morgan fingerprint density at radius 2 is 1.92 bits per heavy atom. The third kappa shape index (κ3) is 6.16. The summed E-state index contributed by atoms with van der Waals surface area (Å²) >= 11 is 1.79. The predicted molar refractivity (Wildman–Crippen MR) is 124 cm³/mol. The zero-order chi connectivity index (χ0) is 18.3. The summed E-state index contributed by atoms with van der Waals surface area (Å²) in [7, 11) is 3.52. The van der Waals surface area contributed by atoms with Crippen molar-refractivity contribution in [1.29, 1.82) is 0 Å². The van der Waals surface area contributed by atoms with Crippen LogP contribution < -0.4 is 15.4 Å². The van der Waals surface area contributed by atoms with Gasteiger partial charge < -0.3 is 15.4 Å². The average molecular weight is 487 g/mol. The molecule has 0 spiro atoms. The van der Waals surface area contributed by atoms with Crippen molar-refractivity contribution in [3.63, 3.8) is 0 Å².